The molecule has 88 valence electrons. The number of allylic oxidation sites excluding steroid dienone is 1. The largest absolute Gasteiger partial charge is 0.435 e. The zero-order valence-corrected chi connectivity index (χ0v) is 8.47. The van der Waals surface area contributed by atoms with Crippen molar-refractivity contribution >= 4 is 17.1 Å². The fourth-order valence-electron chi connectivity index (χ4n) is 1.38. The van der Waals surface area contributed by atoms with E-state index in [0.29, 0.717) is 0 Å². The van der Waals surface area contributed by atoms with Crippen LogP contribution < -0.4 is 11.2 Å². The van der Waals surface area contributed by atoms with Crippen molar-refractivity contribution in [3.8, 4) is 0 Å². The number of nitro groups is 1. The third-order valence-electron chi connectivity index (χ3n) is 2.11. The van der Waals surface area contributed by atoms with E-state index in [4.69, 9.17) is 0 Å². The van der Waals surface area contributed by atoms with Gasteiger partial charge in [0.1, 0.15) is 0 Å². The number of nitrogens with one attached hydrogen (secondary N) is 2. The highest BCUT2D eigenvalue weighted by atomic mass is 16.6. The van der Waals surface area contributed by atoms with Crippen LogP contribution in [0.2, 0.25) is 0 Å². The van der Waals surface area contributed by atoms with Crippen molar-refractivity contribution in [1.29, 1.82) is 0 Å². The zero-order valence-electron chi connectivity index (χ0n) is 8.47. The summed E-state index contributed by atoms with van der Waals surface area (Å²) in [6.07, 6.45) is 1.37. The molecule has 0 saturated carbocycles. The number of aromatic nitrogens is 4. The van der Waals surface area contributed by atoms with Gasteiger partial charge in [-0.2, -0.15) is 0 Å². The molecule has 0 aromatic carbocycles. The molecule has 0 fully saturated rings. The Morgan fingerprint density at radius 2 is 2.18 bits per heavy atom. The Hall–Kier alpha value is -2.71. The quantitative estimate of drug-likeness (QED) is 0.423. The van der Waals surface area contributed by atoms with E-state index in [-0.39, 0.29) is 17.7 Å². The number of hydrogen-bond acceptors (Lipinski definition) is 5. The highest BCUT2D eigenvalue weighted by Gasteiger charge is 2.19. The second kappa shape index (κ2) is 3.70. The van der Waals surface area contributed by atoms with Crippen molar-refractivity contribution in [2.75, 3.05) is 0 Å². The summed E-state index contributed by atoms with van der Waals surface area (Å²) < 4.78 is 0.858. The van der Waals surface area contributed by atoms with Crippen LogP contribution >= 0.6 is 0 Å². The van der Waals surface area contributed by atoms with Gasteiger partial charge in [-0.3, -0.25) is 14.3 Å². The van der Waals surface area contributed by atoms with Gasteiger partial charge < -0.3 is 10.1 Å². The fraction of sp³-hybridized carbons (Fsp3) is 0.125. The first-order valence-electron chi connectivity index (χ1n) is 4.52. The molecule has 2 rings (SSSR count). The summed E-state index contributed by atoms with van der Waals surface area (Å²) in [6.45, 7) is 3.42. The molecule has 0 saturated heterocycles. The molecular formula is C8H7N5O4. The van der Waals surface area contributed by atoms with Crippen LogP contribution in [0.25, 0.3) is 11.2 Å². The first-order valence-corrected chi connectivity index (χ1v) is 4.52. The summed E-state index contributed by atoms with van der Waals surface area (Å²) in [5.41, 5.74) is -1.61. The van der Waals surface area contributed by atoms with Gasteiger partial charge in [0.2, 0.25) is 5.52 Å². The number of fused-ring (bicyclic) bond motifs is 1. The van der Waals surface area contributed by atoms with E-state index in [0.717, 1.165) is 4.57 Å². The molecule has 0 bridgehead atoms. The molecule has 0 spiro atoms. The number of hydrogen-bond donors (Lipinski definition) is 2. The molecule has 9 nitrogen and oxygen atoms in total. The SMILES string of the molecule is C=CCn1c(=O)[nH]c2nc([N+](=O)[O-])[nH]c2c1=O. The van der Waals surface area contributed by atoms with Gasteiger partial charge in [-0.1, -0.05) is 6.08 Å². The normalized spacial score (nSPS) is 10.6. The van der Waals surface area contributed by atoms with Crippen LogP contribution in [0, 0.1) is 10.1 Å². The highest BCUT2D eigenvalue weighted by molar-refractivity contribution is 5.70. The average Bonchev–Trinajstić information content (AvgIpc) is 2.68. The zero-order chi connectivity index (χ0) is 12.6. The van der Waals surface area contributed by atoms with Gasteiger partial charge in [0.25, 0.3) is 11.2 Å². The molecule has 0 aliphatic heterocycles. The van der Waals surface area contributed by atoms with Gasteiger partial charge in [0.05, 0.1) is 0 Å². The number of nitrogens with zero attached hydrogens (tertiary/aromatic N) is 3. The number of imidazole rings is 1. The van der Waals surface area contributed by atoms with Crippen LogP contribution in [-0.4, -0.2) is 24.4 Å². The Morgan fingerprint density at radius 3 is 2.76 bits per heavy atom. The third kappa shape index (κ3) is 1.62. The second-order valence-electron chi connectivity index (χ2n) is 3.18. The lowest BCUT2D eigenvalue weighted by Crippen LogP contribution is -2.34. The van der Waals surface area contributed by atoms with Crippen molar-refractivity contribution < 1.29 is 4.92 Å². The van der Waals surface area contributed by atoms with E-state index in [1.54, 1.807) is 0 Å². The van der Waals surface area contributed by atoms with Crippen molar-refractivity contribution in [3.05, 3.63) is 43.6 Å². The fourth-order valence-corrected chi connectivity index (χ4v) is 1.38. The summed E-state index contributed by atoms with van der Waals surface area (Å²) >= 11 is 0. The molecule has 2 N–H and O–H groups in total. The van der Waals surface area contributed by atoms with E-state index in [9.17, 15) is 19.7 Å². The molecule has 0 radical (unpaired) electrons. The van der Waals surface area contributed by atoms with Crippen molar-refractivity contribution in [3.63, 3.8) is 0 Å². The first kappa shape index (κ1) is 10.8. The van der Waals surface area contributed by atoms with Gasteiger partial charge >= 0.3 is 11.6 Å². The molecule has 0 aliphatic rings. The summed E-state index contributed by atoms with van der Waals surface area (Å²) in [5.74, 6) is -0.593. The predicted molar refractivity (Wildman–Crippen MR) is 57.8 cm³/mol. The minimum atomic E-state index is -0.782. The molecule has 0 atom stereocenters. The van der Waals surface area contributed by atoms with E-state index in [1.165, 1.54) is 6.08 Å². The summed E-state index contributed by atoms with van der Waals surface area (Å²) in [6, 6.07) is 0. The molecule has 2 aromatic heterocycles. The molecule has 0 amide bonds. The lowest BCUT2D eigenvalue weighted by atomic mass is 10.5. The van der Waals surface area contributed by atoms with E-state index in [1.807, 2.05) is 0 Å². The maximum absolute atomic E-state index is 11.8. The Morgan fingerprint density at radius 1 is 1.47 bits per heavy atom. The van der Waals surface area contributed by atoms with E-state index < -0.39 is 22.1 Å². The predicted octanol–water partition coefficient (Wildman–Crippen LogP) is -0.493. The minimum absolute atomic E-state index is 0.0108. The van der Waals surface area contributed by atoms with Gasteiger partial charge in [0.15, 0.2) is 0 Å². The summed E-state index contributed by atoms with van der Waals surface area (Å²) in [5, 5.41) is 10.5. The molecule has 2 aromatic rings. The van der Waals surface area contributed by atoms with Crippen LogP contribution in [0.5, 0.6) is 0 Å². The lowest BCUT2D eigenvalue weighted by molar-refractivity contribution is -0.393. The Balaban J connectivity index is 2.83. The summed E-state index contributed by atoms with van der Waals surface area (Å²) in [7, 11) is 0. The smallest absolute Gasteiger partial charge is 0.390 e. The number of rotatable bonds is 3. The monoisotopic (exact) mass is 237 g/mol. The molecule has 9 heteroatoms. The van der Waals surface area contributed by atoms with Gasteiger partial charge in [0, 0.05) is 6.54 Å². The maximum atomic E-state index is 11.8. The van der Waals surface area contributed by atoms with Gasteiger partial charge in [-0.15, -0.1) is 6.58 Å². The van der Waals surface area contributed by atoms with Crippen LogP contribution in [0.1, 0.15) is 0 Å². The standard InChI is InChI=1S/C8H7N5O4/c1-2-3-12-6(14)4-5(11-8(12)15)10-7(9-4)13(16)17/h2H,1,3H2,(H,9,10)(H,11,15). The lowest BCUT2D eigenvalue weighted by Gasteiger charge is -1.96. The Bertz CT molecular complexity index is 722. The highest BCUT2D eigenvalue weighted by Crippen LogP contribution is 2.08. The van der Waals surface area contributed by atoms with Gasteiger partial charge in [-0.25, -0.2) is 9.78 Å². The van der Waals surface area contributed by atoms with Crippen molar-refractivity contribution in [2.45, 2.75) is 6.54 Å². The van der Waals surface area contributed by atoms with Gasteiger partial charge in [-0.05, 0) is 9.91 Å². The molecule has 0 aliphatic carbocycles. The first-order chi connectivity index (χ1) is 8.04. The van der Waals surface area contributed by atoms with Crippen molar-refractivity contribution in [2.24, 2.45) is 0 Å². The minimum Gasteiger partial charge on any atom is -0.390 e. The van der Waals surface area contributed by atoms with Crippen LogP contribution in [-0.2, 0) is 6.54 Å². The van der Waals surface area contributed by atoms with Crippen LogP contribution in [0.15, 0.2) is 22.2 Å². The van der Waals surface area contributed by atoms with E-state index >= 15 is 0 Å². The molecule has 0 unspecified atom stereocenters. The third-order valence-corrected chi connectivity index (χ3v) is 2.11. The van der Waals surface area contributed by atoms with E-state index in [2.05, 4.69) is 21.5 Å². The number of H-pyrrole nitrogens is 2. The molecular weight excluding hydrogens is 230 g/mol. The van der Waals surface area contributed by atoms with Crippen LogP contribution in [0.4, 0.5) is 5.95 Å². The summed E-state index contributed by atoms with van der Waals surface area (Å²) in [4.78, 5) is 40.9. The topological polar surface area (TPSA) is 127 Å². The Labute approximate surface area is 92.6 Å². The average molecular weight is 237 g/mol. The van der Waals surface area contributed by atoms with Crippen molar-refractivity contribution in [1.82, 2.24) is 19.5 Å². The maximum Gasteiger partial charge on any atom is 0.435 e. The molecule has 17 heavy (non-hydrogen) atoms. The Kier molecular flexibility index (Phi) is 2.35. The second-order valence-corrected chi connectivity index (χ2v) is 3.18. The van der Waals surface area contributed by atoms with Crippen LogP contribution in [0.3, 0.4) is 0 Å². The molecule has 2 heterocycles. The number of aromatic amines is 2.